The standard InChI is InChI=1S/C27H29ClF3N5OS/c1-3-11-34(2)24-17-23(28)32-26(33-24)38-18-19-7-9-20(10-8-19)25(37)36-14-12-35(13-15-36)22-6-4-5-21(16-22)27(29,30)31/h4-10,16-17H,3,11-15,18H2,1-2H3. The van der Waals surface area contributed by atoms with Gasteiger partial charge in [0.15, 0.2) is 5.16 Å². The summed E-state index contributed by atoms with van der Waals surface area (Å²) < 4.78 is 39.2. The first kappa shape index (κ1) is 28.0. The highest BCUT2D eigenvalue weighted by atomic mass is 35.5. The molecule has 0 spiro atoms. The molecule has 1 aliphatic heterocycles. The Morgan fingerprint density at radius 3 is 2.42 bits per heavy atom. The number of benzene rings is 2. The van der Waals surface area contributed by atoms with Gasteiger partial charge in [-0.2, -0.15) is 13.2 Å². The van der Waals surface area contributed by atoms with E-state index in [1.54, 1.807) is 29.2 Å². The van der Waals surface area contributed by atoms with E-state index in [1.165, 1.54) is 17.8 Å². The van der Waals surface area contributed by atoms with Gasteiger partial charge in [0.25, 0.3) is 5.91 Å². The Hall–Kier alpha value is -2.98. The number of anilines is 2. The van der Waals surface area contributed by atoms with Gasteiger partial charge >= 0.3 is 6.18 Å². The van der Waals surface area contributed by atoms with Gasteiger partial charge in [-0.05, 0) is 42.3 Å². The van der Waals surface area contributed by atoms with E-state index in [0.29, 0.717) is 53.5 Å². The van der Waals surface area contributed by atoms with Crippen LogP contribution in [0, 0.1) is 0 Å². The molecule has 202 valence electrons. The molecule has 6 nitrogen and oxygen atoms in total. The lowest BCUT2D eigenvalue weighted by atomic mass is 10.1. The van der Waals surface area contributed by atoms with Gasteiger partial charge < -0.3 is 14.7 Å². The molecule has 0 bridgehead atoms. The Morgan fingerprint density at radius 2 is 1.76 bits per heavy atom. The van der Waals surface area contributed by atoms with E-state index >= 15 is 0 Å². The molecule has 0 atom stereocenters. The van der Waals surface area contributed by atoms with Gasteiger partial charge in [0.05, 0.1) is 5.56 Å². The van der Waals surface area contributed by atoms with Gasteiger partial charge in [0, 0.05) is 62.8 Å². The molecule has 0 N–H and O–H groups in total. The zero-order valence-electron chi connectivity index (χ0n) is 21.2. The number of hydrogen-bond donors (Lipinski definition) is 0. The van der Waals surface area contributed by atoms with Crippen molar-refractivity contribution in [3.8, 4) is 0 Å². The van der Waals surface area contributed by atoms with Crippen LogP contribution in [0.2, 0.25) is 5.15 Å². The van der Waals surface area contributed by atoms with E-state index in [1.807, 2.05) is 29.0 Å². The molecule has 2 aromatic carbocycles. The molecule has 0 radical (unpaired) electrons. The molecule has 1 fully saturated rings. The molecule has 1 saturated heterocycles. The quantitative estimate of drug-likeness (QED) is 0.183. The van der Waals surface area contributed by atoms with Crippen molar-refractivity contribution in [3.63, 3.8) is 0 Å². The van der Waals surface area contributed by atoms with Gasteiger partial charge in [-0.25, -0.2) is 9.97 Å². The largest absolute Gasteiger partial charge is 0.416 e. The fraction of sp³-hybridized carbons (Fsp3) is 0.370. The molecule has 2 heterocycles. The smallest absolute Gasteiger partial charge is 0.368 e. The summed E-state index contributed by atoms with van der Waals surface area (Å²) in [6.07, 6.45) is -3.38. The molecular weight excluding hydrogens is 535 g/mol. The molecule has 1 aromatic heterocycles. The second kappa shape index (κ2) is 12.3. The maximum atomic E-state index is 13.1. The number of thioether (sulfide) groups is 1. The molecular formula is C27H29ClF3N5OS. The van der Waals surface area contributed by atoms with Gasteiger partial charge in [-0.15, -0.1) is 0 Å². The number of rotatable bonds is 8. The summed E-state index contributed by atoms with van der Waals surface area (Å²) in [6, 6.07) is 14.5. The van der Waals surface area contributed by atoms with Crippen LogP contribution in [-0.4, -0.2) is 60.5 Å². The van der Waals surface area contributed by atoms with Crippen molar-refractivity contribution in [2.24, 2.45) is 0 Å². The molecule has 38 heavy (non-hydrogen) atoms. The normalized spacial score (nSPS) is 14.1. The van der Waals surface area contributed by atoms with Crippen molar-refractivity contribution < 1.29 is 18.0 Å². The lowest BCUT2D eigenvalue weighted by Gasteiger charge is -2.36. The first-order valence-electron chi connectivity index (χ1n) is 12.3. The van der Waals surface area contributed by atoms with Gasteiger partial charge in [-0.3, -0.25) is 4.79 Å². The molecule has 1 aliphatic rings. The number of amides is 1. The topological polar surface area (TPSA) is 52.6 Å². The first-order chi connectivity index (χ1) is 18.1. The molecule has 1 amide bonds. The number of piperazine rings is 1. The van der Waals surface area contributed by atoms with Crippen molar-refractivity contribution in [2.75, 3.05) is 49.6 Å². The highest BCUT2D eigenvalue weighted by Gasteiger charge is 2.31. The van der Waals surface area contributed by atoms with Crippen LogP contribution in [-0.2, 0) is 11.9 Å². The summed E-state index contributed by atoms with van der Waals surface area (Å²) in [5.41, 5.74) is 1.45. The Bertz CT molecular complexity index is 1250. The van der Waals surface area contributed by atoms with E-state index in [2.05, 4.69) is 16.9 Å². The number of carbonyl (C=O) groups is 1. The predicted octanol–water partition coefficient (Wildman–Crippen LogP) is 6.25. The monoisotopic (exact) mass is 563 g/mol. The minimum atomic E-state index is -4.38. The molecule has 0 saturated carbocycles. The summed E-state index contributed by atoms with van der Waals surface area (Å²) in [5, 5.41) is 0.990. The van der Waals surface area contributed by atoms with Crippen LogP contribution in [0.4, 0.5) is 24.7 Å². The second-order valence-electron chi connectivity index (χ2n) is 9.07. The van der Waals surface area contributed by atoms with Crippen molar-refractivity contribution >= 4 is 40.8 Å². The van der Waals surface area contributed by atoms with Crippen LogP contribution in [0.15, 0.2) is 59.8 Å². The summed E-state index contributed by atoms with van der Waals surface area (Å²) in [6.45, 7) is 4.78. The second-order valence-corrected chi connectivity index (χ2v) is 10.4. The lowest BCUT2D eigenvalue weighted by molar-refractivity contribution is -0.137. The average Bonchev–Trinajstić information content (AvgIpc) is 2.91. The van der Waals surface area contributed by atoms with Crippen LogP contribution in [0.3, 0.4) is 0 Å². The van der Waals surface area contributed by atoms with Crippen LogP contribution in [0.25, 0.3) is 0 Å². The van der Waals surface area contributed by atoms with E-state index < -0.39 is 11.7 Å². The highest BCUT2D eigenvalue weighted by Crippen LogP contribution is 2.32. The van der Waals surface area contributed by atoms with Crippen molar-refractivity contribution in [3.05, 3.63) is 76.4 Å². The van der Waals surface area contributed by atoms with Gasteiger partial charge in [0.1, 0.15) is 11.0 Å². The Balaban J connectivity index is 1.32. The SMILES string of the molecule is CCCN(C)c1cc(Cl)nc(SCc2ccc(C(=O)N3CCN(c4cccc(C(F)(F)F)c4)CC3)cc2)n1. The predicted molar refractivity (Wildman–Crippen MR) is 146 cm³/mol. The lowest BCUT2D eigenvalue weighted by Crippen LogP contribution is -2.48. The minimum absolute atomic E-state index is 0.0883. The number of nitrogens with zero attached hydrogens (tertiary/aromatic N) is 5. The van der Waals surface area contributed by atoms with Gasteiger partial charge in [-0.1, -0.05) is 48.5 Å². The van der Waals surface area contributed by atoms with Crippen LogP contribution >= 0.6 is 23.4 Å². The number of carbonyl (C=O) groups excluding carboxylic acids is 1. The van der Waals surface area contributed by atoms with Crippen LogP contribution < -0.4 is 9.80 Å². The van der Waals surface area contributed by atoms with Crippen molar-refractivity contribution in [1.82, 2.24) is 14.9 Å². The molecule has 11 heteroatoms. The number of hydrogen-bond acceptors (Lipinski definition) is 6. The van der Waals surface area contributed by atoms with E-state index in [9.17, 15) is 18.0 Å². The highest BCUT2D eigenvalue weighted by molar-refractivity contribution is 7.98. The Kier molecular flexibility index (Phi) is 9.04. The molecule has 4 rings (SSSR count). The zero-order chi connectivity index (χ0) is 27.3. The van der Waals surface area contributed by atoms with Gasteiger partial charge in [0.2, 0.25) is 0 Å². The van der Waals surface area contributed by atoms with E-state index in [0.717, 1.165) is 36.5 Å². The Labute approximate surface area is 229 Å². The molecule has 3 aromatic rings. The maximum absolute atomic E-state index is 13.1. The third kappa shape index (κ3) is 7.11. The summed E-state index contributed by atoms with van der Waals surface area (Å²) >= 11 is 7.67. The maximum Gasteiger partial charge on any atom is 0.416 e. The molecule has 0 aliphatic carbocycles. The summed E-state index contributed by atoms with van der Waals surface area (Å²) in [5.74, 6) is 1.32. The fourth-order valence-electron chi connectivity index (χ4n) is 4.22. The number of aromatic nitrogens is 2. The first-order valence-corrected chi connectivity index (χ1v) is 13.7. The zero-order valence-corrected chi connectivity index (χ0v) is 22.8. The number of alkyl halides is 3. The fourth-order valence-corrected chi connectivity index (χ4v) is 5.25. The summed E-state index contributed by atoms with van der Waals surface area (Å²) in [7, 11) is 1.97. The van der Waals surface area contributed by atoms with Crippen molar-refractivity contribution in [1.29, 1.82) is 0 Å². The minimum Gasteiger partial charge on any atom is -0.368 e. The van der Waals surface area contributed by atoms with Crippen LogP contribution in [0.5, 0.6) is 0 Å². The van der Waals surface area contributed by atoms with E-state index in [-0.39, 0.29) is 5.91 Å². The third-order valence-corrected chi connectivity index (χ3v) is 7.40. The van der Waals surface area contributed by atoms with E-state index in [4.69, 9.17) is 11.6 Å². The molecule has 0 unspecified atom stereocenters. The third-order valence-electron chi connectivity index (χ3n) is 6.29. The summed E-state index contributed by atoms with van der Waals surface area (Å²) in [4.78, 5) is 27.6. The van der Waals surface area contributed by atoms with Crippen LogP contribution in [0.1, 0.15) is 34.8 Å². The average molecular weight is 564 g/mol. The van der Waals surface area contributed by atoms with Crippen molar-refractivity contribution in [2.45, 2.75) is 30.4 Å². The number of halogens is 4. The Morgan fingerprint density at radius 1 is 1.05 bits per heavy atom.